The standard InChI is InChI=1S/C14H20N2O4S/c1-8(17)12-11(15)10(14(18)19-2)13(21-12)16-5-6-20-7-9-3-4-9/h9,16H,3-7,15H2,1-2H3. The zero-order chi connectivity index (χ0) is 15.4. The van der Waals surface area contributed by atoms with E-state index in [1.54, 1.807) is 0 Å². The lowest BCUT2D eigenvalue weighted by molar-refractivity contribution is 0.0603. The summed E-state index contributed by atoms with van der Waals surface area (Å²) in [6.45, 7) is 3.31. The fourth-order valence-corrected chi connectivity index (χ4v) is 2.94. The van der Waals surface area contributed by atoms with E-state index in [1.807, 2.05) is 0 Å². The quantitative estimate of drug-likeness (QED) is 0.434. The van der Waals surface area contributed by atoms with Gasteiger partial charge in [0.2, 0.25) is 0 Å². The van der Waals surface area contributed by atoms with Crippen LogP contribution in [0.25, 0.3) is 0 Å². The Labute approximate surface area is 127 Å². The molecule has 21 heavy (non-hydrogen) atoms. The van der Waals surface area contributed by atoms with Gasteiger partial charge in [-0.15, -0.1) is 11.3 Å². The first-order valence-corrected chi connectivity index (χ1v) is 7.69. The minimum atomic E-state index is -0.544. The number of ether oxygens (including phenoxy) is 2. The number of carbonyl (C=O) groups excluding carboxylic acids is 2. The molecule has 0 aliphatic heterocycles. The van der Waals surface area contributed by atoms with E-state index in [1.165, 1.54) is 38.2 Å². The van der Waals surface area contributed by atoms with Crippen LogP contribution in [-0.2, 0) is 9.47 Å². The predicted octanol–water partition coefficient (Wildman–Crippen LogP) is 2.16. The second-order valence-electron chi connectivity index (χ2n) is 5.04. The normalized spacial score (nSPS) is 14.0. The smallest absolute Gasteiger partial charge is 0.343 e. The van der Waals surface area contributed by atoms with E-state index in [0.29, 0.717) is 23.0 Å². The number of hydrogen-bond donors (Lipinski definition) is 2. The molecule has 0 saturated heterocycles. The van der Waals surface area contributed by atoms with Crippen molar-refractivity contribution < 1.29 is 19.1 Å². The molecule has 116 valence electrons. The molecule has 1 saturated carbocycles. The number of hydrogen-bond acceptors (Lipinski definition) is 7. The summed E-state index contributed by atoms with van der Waals surface area (Å²) in [5.74, 6) is 0.00987. The number of esters is 1. The highest BCUT2D eigenvalue weighted by molar-refractivity contribution is 7.19. The molecule has 1 heterocycles. The van der Waals surface area contributed by atoms with Crippen molar-refractivity contribution in [3.63, 3.8) is 0 Å². The van der Waals surface area contributed by atoms with Crippen LogP contribution < -0.4 is 11.1 Å². The van der Waals surface area contributed by atoms with E-state index in [9.17, 15) is 9.59 Å². The Morgan fingerprint density at radius 1 is 1.43 bits per heavy atom. The number of nitrogen functional groups attached to an aromatic ring is 1. The molecule has 3 N–H and O–H groups in total. The van der Waals surface area contributed by atoms with E-state index in [2.05, 4.69) is 5.32 Å². The molecule has 0 unspecified atom stereocenters. The second-order valence-corrected chi connectivity index (χ2v) is 6.06. The highest BCUT2D eigenvalue weighted by Gasteiger charge is 2.24. The van der Waals surface area contributed by atoms with Gasteiger partial charge in [-0.2, -0.15) is 0 Å². The van der Waals surface area contributed by atoms with Crippen LogP contribution in [0.4, 0.5) is 10.7 Å². The number of ketones is 1. The van der Waals surface area contributed by atoms with Crippen LogP contribution in [0.15, 0.2) is 0 Å². The molecule has 0 spiro atoms. The fraction of sp³-hybridized carbons (Fsp3) is 0.571. The third-order valence-corrected chi connectivity index (χ3v) is 4.50. The van der Waals surface area contributed by atoms with Crippen LogP contribution in [0.2, 0.25) is 0 Å². The minimum Gasteiger partial charge on any atom is -0.465 e. The molecule has 0 bridgehead atoms. The zero-order valence-corrected chi connectivity index (χ0v) is 13.0. The van der Waals surface area contributed by atoms with E-state index in [0.717, 1.165) is 12.5 Å². The Hall–Kier alpha value is -1.60. The van der Waals surface area contributed by atoms with Gasteiger partial charge in [0.15, 0.2) is 5.78 Å². The first kappa shape index (κ1) is 15.8. The Bertz CT molecular complexity index is 537. The average Bonchev–Trinajstić information content (AvgIpc) is 3.21. The molecule has 7 heteroatoms. The molecule has 6 nitrogen and oxygen atoms in total. The van der Waals surface area contributed by atoms with Crippen molar-refractivity contribution in [1.29, 1.82) is 0 Å². The van der Waals surface area contributed by atoms with Crippen molar-refractivity contribution in [2.24, 2.45) is 5.92 Å². The van der Waals surface area contributed by atoms with Gasteiger partial charge in [0.25, 0.3) is 0 Å². The lowest BCUT2D eigenvalue weighted by Gasteiger charge is -2.07. The molecule has 1 aromatic heterocycles. The SMILES string of the molecule is COC(=O)c1c(NCCOCC2CC2)sc(C(C)=O)c1N. The van der Waals surface area contributed by atoms with Gasteiger partial charge in [-0.25, -0.2) is 4.79 Å². The van der Waals surface area contributed by atoms with Crippen LogP contribution in [0.3, 0.4) is 0 Å². The van der Waals surface area contributed by atoms with Gasteiger partial charge >= 0.3 is 5.97 Å². The molecular formula is C14H20N2O4S. The maximum atomic E-state index is 11.8. The lowest BCUT2D eigenvalue weighted by atomic mass is 10.2. The van der Waals surface area contributed by atoms with E-state index < -0.39 is 5.97 Å². The van der Waals surface area contributed by atoms with E-state index in [4.69, 9.17) is 15.2 Å². The van der Waals surface area contributed by atoms with Crippen molar-refractivity contribution in [3.05, 3.63) is 10.4 Å². The number of nitrogens with two attached hydrogens (primary N) is 1. The molecular weight excluding hydrogens is 292 g/mol. The molecule has 0 amide bonds. The van der Waals surface area contributed by atoms with Crippen molar-refractivity contribution in [2.45, 2.75) is 19.8 Å². The van der Waals surface area contributed by atoms with Gasteiger partial charge in [0.05, 0.1) is 24.3 Å². The lowest BCUT2D eigenvalue weighted by Crippen LogP contribution is -2.13. The molecule has 1 fully saturated rings. The number of carbonyl (C=O) groups is 2. The van der Waals surface area contributed by atoms with Gasteiger partial charge in [-0.3, -0.25) is 4.79 Å². The highest BCUT2D eigenvalue weighted by Crippen LogP contribution is 2.36. The summed E-state index contributed by atoms with van der Waals surface area (Å²) >= 11 is 1.17. The summed E-state index contributed by atoms with van der Waals surface area (Å²) in [6.07, 6.45) is 2.51. The van der Waals surface area contributed by atoms with Crippen LogP contribution in [-0.4, -0.2) is 38.6 Å². The van der Waals surface area contributed by atoms with Crippen molar-refractivity contribution in [1.82, 2.24) is 0 Å². The maximum Gasteiger partial charge on any atom is 0.343 e. The largest absolute Gasteiger partial charge is 0.465 e. The monoisotopic (exact) mass is 312 g/mol. The minimum absolute atomic E-state index is 0.166. The maximum absolute atomic E-state index is 11.8. The molecule has 1 aromatic rings. The first-order valence-electron chi connectivity index (χ1n) is 6.87. The number of thiophene rings is 1. The first-order chi connectivity index (χ1) is 10.0. The van der Waals surface area contributed by atoms with Crippen LogP contribution in [0.1, 0.15) is 39.8 Å². The van der Waals surface area contributed by atoms with E-state index in [-0.39, 0.29) is 17.0 Å². The number of methoxy groups -OCH3 is 1. The number of rotatable bonds is 8. The summed E-state index contributed by atoms with van der Waals surface area (Å²) in [5, 5.41) is 3.65. The van der Waals surface area contributed by atoms with Gasteiger partial charge in [0.1, 0.15) is 10.6 Å². The van der Waals surface area contributed by atoms with Crippen molar-refractivity contribution in [3.8, 4) is 0 Å². The summed E-state index contributed by atoms with van der Waals surface area (Å²) in [4.78, 5) is 23.7. The summed E-state index contributed by atoms with van der Waals surface area (Å²) < 4.78 is 10.2. The van der Waals surface area contributed by atoms with Crippen LogP contribution in [0.5, 0.6) is 0 Å². The highest BCUT2D eigenvalue weighted by atomic mass is 32.1. The molecule has 1 aliphatic carbocycles. The summed E-state index contributed by atoms with van der Waals surface area (Å²) in [5.41, 5.74) is 6.29. The van der Waals surface area contributed by atoms with E-state index >= 15 is 0 Å². The van der Waals surface area contributed by atoms with Crippen LogP contribution in [0, 0.1) is 5.92 Å². The van der Waals surface area contributed by atoms with Gasteiger partial charge in [-0.1, -0.05) is 0 Å². The molecule has 2 rings (SSSR count). The fourth-order valence-electron chi connectivity index (χ4n) is 1.91. The summed E-state index contributed by atoms with van der Waals surface area (Å²) in [6, 6.07) is 0. The number of nitrogens with one attached hydrogen (secondary N) is 1. The zero-order valence-electron chi connectivity index (χ0n) is 12.2. The van der Waals surface area contributed by atoms with Crippen molar-refractivity contribution in [2.75, 3.05) is 37.9 Å². The predicted molar refractivity (Wildman–Crippen MR) is 82.1 cm³/mol. The Kier molecular flexibility index (Phi) is 5.19. The summed E-state index contributed by atoms with van der Waals surface area (Å²) in [7, 11) is 1.29. The average molecular weight is 312 g/mol. The Balaban J connectivity index is 2.00. The molecule has 1 aliphatic rings. The second kappa shape index (κ2) is 6.91. The molecule has 0 aromatic carbocycles. The van der Waals surface area contributed by atoms with Gasteiger partial charge in [-0.05, 0) is 18.8 Å². The molecule has 0 radical (unpaired) electrons. The van der Waals surface area contributed by atoms with Crippen LogP contribution >= 0.6 is 11.3 Å². The number of Topliss-reactive ketones (excluding diaryl/α,β-unsaturated/α-hetero) is 1. The van der Waals surface area contributed by atoms with Gasteiger partial charge < -0.3 is 20.5 Å². The van der Waals surface area contributed by atoms with Crippen molar-refractivity contribution >= 4 is 33.8 Å². The number of anilines is 2. The Morgan fingerprint density at radius 2 is 2.14 bits per heavy atom. The molecule has 0 atom stereocenters. The van der Waals surface area contributed by atoms with Gasteiger partial charge in [0, 0.05) is 20.1 Å². The third-order valence-electron chi connectivity index (χ3n) is 3.24. The third kappa shape index (κ3) is 3.95. The Morgan fingerprint density at radius 3 is 2.71 bits per heavy atom. The topological polar surface area (TPSA) is 90.6 Å².